The summed E-state index contributed by atoms with van der Waals surface area (Å²) in [7, 11) is 0. The summed E-state index contributed by atoms with van der Waals surface area (Å²) < 4.78 is 0. The molecule has 0 amide bonds. The minimum absolute atomic E-state index is 0.00512. The van der Waals surface area contributed by atoms with Crippen molar-refractivity contribution in [3.8, 4) is 0 Å². The highest BCUT2D eigenvalue weighted by Gasteiger charge is 2.55. The van der Waals surface area contributed by atoms with E-state index in [0.717, 1.165) is 12.8 Å². The van der Waals surface area contributed by atoms with Crippen LogP contribution in [0.4, 0.5) is 0 Å². The fourth-order valence-electron chi connectivity index (χ4n) is 4.21. The van der Waals surface area contributed by atoms with E-state index < -0.39 is 0 Å². The maximum atomic E-state index is 12.2. The second kappa shape index (κ2) is 4.22. The average molecular weight is 236 g/mol. The van der Waals surface area contributed by atoms with Crippen LogP contribution in [0.5, 0.6) is 0 Å². The summed E-state index contributed by atoms with van der Waals surface area (Å²) in [6.07, 6.45) is 3.36. The molecule has 0 aromatic heterocycles. The number of carbonyl (C=O) groups is 2. The fraction of sp³-hybridized carbons (Fsp3) is 0.867. The van der Waals surface area contributed by atoms with Crippen LogP contribution in [-0.2, 0) is 9.59 Å². The van der Waals surface area contributed by atoms with Crippen LogP contribution in [-0.4, -0.2) is 11.6 Å². The Kier molecular flexibility index (Phi) is 3.17. The van der Waals surface area contributed by atoms with E-state index in [1.165, 1.54) is 0 Å². The lowest BCUT2D eigenvalue weighted by Gasteiger charge is -2.44. The van der Waals surface area contributed by atoms with Gasteiger partial charge in [-0.25, -0.2) is 0 Å². The van der Waals surface area contributed by atoms with Crippen LogP contribution in [0.2, 0.25) is 0 Å². The first-order valence-corrected chi connectivity index (χ1v) is 6.94. The number of hydrogen-bond donors (Lipinski definition) is 0. The topological polar surface area (TPSA) is 34.1 Å². The summed E-state index contributed by atoms with van der Waals surface area (Å²) in [5.74, 6) is 1.86. The molecule has 4 unspecified atom stereocenters. The molecule has 0 aromatic carbocycles. The molecule has 0 bridgehead atoms. The Balaban J connectivity index is 2.33. The van der Waals surface area contributed by atoms with Crippen molar-refractivity contribution in [2.24, 2.45) is 29.1 Å². The van der Waals surface area contributed by atoms with Crippen molar-refractivity contribution in [3.05, 3.63) is 0 Å². The van der Waals surface area contributed by atoms with Crippen LogP contribution < -0.4 is 0 Å². The Morgan fingerprint density at radius 3 is 2.35 bits per heavy atom. The molecule has 2 heteroatoms. The Labute approximate surface area is 104 Å². The lowest BCUT2D eigenvalue weighted by molar-refractivity contribution is -0.133. The molecule has 17 heavy (non-hydrogen) atoms. The van der Waals surface area contributed by atoms with E-state index in [2.05, 4.69) is 20.8 Å². The van der Waals surface area contributed by atoms with Crippen molar-refractivity contribution >= 4 is 11.6 Å². The van der Waals surface area contributed by atoms with Crippen LogP contribution >= 0.6 is 0 Å². The molecule has 2 aliphatic rings. The summed E-state index contributed by atoms with van der Waals surface area (Å²) in [5, 5.41) is 0. The largest absolute Gasteiger partial charge is 0.299 e. The first kappa shape index (κ1) is 12.8. The van der Waals surface area contributed by atoms with E-state index >= 15 is 0 Å². The van der Waals surface area contributed by atoms with Gasteiger partial charge >= 0.3 is 0 Å². The average Bonchev–Trinajstić information content (AvgIpc) is 2.45. The molecule has 2 fully saturated rings. The van der Waals surface area contributed by atoms with Gasteiger partial charge in [0.05, 0.1) is 0 Å². The van der Waals surface area contributed by atoms with Gasteiger partial charge in [0.2, 0.25) is 0 Å². The van der Waals surface area contributed by atoms with Gasteiger partial charge in [-0.2, -0.15) is 0 Å². The van der Waals surface area contributed by atoms with Gasteiger partial charge < -0.3 is 0 Å². The molecule has 0 aliphatic heterocycles. The molecular formula is C15H24O2. The van der Waals surface area contributed by atoms with Crippen molar-refractivity contribution < 1.29 is 9.59 Å². The molecule has 2 nitrogen and oxygen atoms in total. The number of hydrogen-bond acceptors (Lipinski definition) is 2. The van der Waals surface area contributed by atoms with Crippen LogP contribution in [0.15, 0.2) is 0 Å². The minimum atomic E-state index is -0.00512. The zero-order valence-electron chi connectivity index (χ0n) is 11.5. The van der Waals surface area contributed by atoms with Gasteiger partial charge in [0, 0.05) is 24.7 Å². The molecule has 0 radical (unpaired) electrons. The molecule has 2 rings (SSSR count). The number of Topliss-reactive ketones (excluding diaryl/α,β-unsaturated/α-hetero) is 2. The second-order valence-corrected chi connectivity index (χ2v) is 6.61. The summed E-state index contributed by atoms with van der Waals surface area (Å²) >= 11 is 0. The highest BCUT2D eigenvalue weighted by molar-refractivity contribution is 5.88. The molecule has 0 saturated heterocycles. The first-order valence-electron chi connectivity index (χ1n) is 6.94. The maximum Gasteiger partial charge on any atom is 0.137 e. The van der Waals surface area contributed by atoms with Crippen molar-refractivity contribution in [1.82, 2.24) is 0 Å². The smallest absolute Gasteiger partial charge is 0.137 e. The van der Waals surface area contributed by atoms with Gasteiger partial charge in [0.25, 0.3) is 0 Å². The summed E-state index contributed by atoms with van der Waals surface area (Å²) in [6, 6.07) is 0. The molecular weight excluding hydrogens is 212 g/mol. The standard InChI is InChI=1S/C15H24O2/c1-9(2)14-12(16)7-11(4)15(14)6-5-10(3)13(17)8-15/h9-11,14H,5-8H2,1-4H3. The molecule has 0 aromatic rings. The number of rotatable bonds is 1. The molecule has 96 valence electrons. The van der Waals surface area contributed by atoms with E-state index in [1.807, 2.05) is 6.92 Å². The molecule has 2 aliphatic carbocycles. The first-order chi connectivity index (χ1) is 7.88. The Morgan fingerprint density at radius 1 is 1.18 bits per heavy atom. The monoisotopic (exact) mass is 236 g/mol. The van der Waals surface area contributed by atoms with Crippen molar-refractivity contribution in [2.75, 3.05) is 0 Å². The Morgan fingerprint density at radius 2 is 1.82 bits per heavy atom. The summed E-state index contributed by atoms with van der Waals surface area (Å²) in [6.45, 7) is 8.46. The van der Waals surface area contributed by atoms with Crippen LogP contribution in [0.1, 0.15) is 53.4 Å². The van der Waals surface area contributed by atoms with E-state index in [9.17, 15) is 9.59 Å². The van der Waals surface area contributed by atoms with Gasteiger partial charge in [-0.1, -0.05) is 27.7 Å². The van der Waals surface area contributed by atoms with Crippen molar-refractivity contribution in [2.45, 2.75) is 53.4 Å². The third-order valence-corrected chi connectivity index (χ3v) is 5.22. The molecule has 4 atom stereocenters. The Hall–Kier alpha value is -0.660. The highest BCUT2D eigenvalue weighted by atomic mass is 16.1. The van der Waals surface area contributed by atoms with Crippen LogP contribution in [0, 0.1) is 29.1 Å². The van der Waals surface area contributed by atoms with Gasteiger partial charge in [0.1, 0.15) is 11.6 Å². The van der Waals surface area contributed by atoms with Crippen LogP contribution in [0.3, 0.4) is 0 Å². The lowest BCUT2D eigenvalue weighted by Crippen LogP contribution is -2.42. The fourth-order valence-corrected chi connectivity index (χ4v) is 4.21. The van der Waals surface area contributed by atoms with Gasteiger partial charge in [-0.05, 0) is 30.1 Å². The molecule has 1 spiro atoms. The van der Waals surface area contributed by atoms with Crippen LogP contribution in [0.25, 0.3) is 0 Å². The van der Waals surface area contributed by atoms with Gasteiger partial charge in [-0.15, -0.1) is 0 Å². The summed E-state index contributed by atoms with van der Waals surface area (Å²) in [5.41, 5.74) is -0.00512. The lowest BCUT2D eigenvalue weighted by atomic mass is 9.59. The number of ketones is 2. The minimum Gasteiger partial charge on any atom is -0.299 e. The quantitative estimate of drug-likeness (QED) is 0.700. The Bertz CT molecular complexity index is 345. The highest BCUT2D eigenvalue weighted by Crippen LogP contribution is 2.56. The predicted octanol–water partition coefficient (Wildman–Crippen LogP) is 3.24. The predicted molar refractivity (Wildman–Crippen MR) is 67.6 cm³/mol. The maximum absolute atomic E-state index is 12.2. The van der Waals surface area contributed by atoms with E-state index in [-0.39, 0.29) is 17.3 Å². The molecule has 0 heterocycles. The van der Waals surface area contributed by atoms with Gasteiger partial charge in [-0.3, -0.25) is 9.59 Å². The second-order valence-electron chi connectivity index (χ2n) is 6.61. The van der Waals surface area contributed by atoms with E-state index in [1.54, 1.807) is 0 Å². The zero-order valence-corrected chi connectivity index (χ0v) is 11.5. The SMILES string of the molecule is CC1CCC2(CC1=O)C(C)CC(=O)C2C(C)C. The molecule has 2 saturated carbocycles. The third-order valence-electron chi connectivity index (χ3n) is 5.22. The van der Waals surface area contributed by atoms with Crippen molar-refractivity contribution in [3.63, 3.8) is 0 Å². The normalized spacial score (nSPS) is 42.8. The number of carbonyl (C=O) groups excluding carboxylic acids is 2. The summed E-state index contributed by atoms with van der Waals surface area (Å²) in [4.78, 5) is 24.2. The van der Waals surface area contributed by atoms with E-state index in [0.29, 0.717) is 36.2 Å². The van der Waals surface area contributed by atoms with Gasteiger partial charge in [0.15, 0.2) is 0 Å². The molecule has 0 N–H and O–H groups in total. The third kappa shape index (κ3) is 1.86. The zero-order chi connectivity index (χ0) is 12.8. The van der Waals surface area contributed by atoms with Crippen molar-refractivity contribution in [1.29, 1.82) is 0 Å². The van der Waals surface area contributed by atoms with E-state index in [4.69, 9.17) is 0 Å².